The predicted molar refractivity (Wildman–Crippen MR) is 130 cm³/mol. The predicted octanol–water partition coefficient (Wildman–Crippen LogP) is 3.54. The van der Waals surface area contributed by atoms with Gasteiger partial charge in [0.2, 0.25) is 0 Å². The Morgan fingerprint density at radius 1 is 1.06 bits per heavy atom. The molecule has 170 valence electrons. The molecule has 1 aromatic carbocycles. The van der Waals surface area contributed by atoms with Crippen molar-refractivity contribution in [2.75, 3.05) is 5.32 Å². The van der Waals surface area contributed by atoms with Gasteiger partial charge in [0.25, 0.3) is 17.0 Å². The number of hydrogen-bond donors (Lipinski definition) is 1. The van der Waals surface area contributed by atoms with Crippen molar-refractivity contribution < 1.29 is 4.79 Å². The number of hydrogen-bond acceptors (Lipinski definition) is 5. The second kappa shape index (κ2) is 8.15. The second-order valence-electron chi connectivity index (χ2n) is 8.42. The molecule has 0 spiro atoms. The Hall–Kier alpha value is -3.46. The van der Waals surface area contributed by atoms with E-state index in [1.807, 2.05) is 30.3 Å². The lowest BCUT2D eigenvalue weighted by molar-refractivity contribution is 0.103. The second-order valence-corrected chi connectivity index (χ2v) is 9.42. The zero-order valence-corrected chi connectivity index (χ0v) is 19.7. The van der Waals surface area contributed by atoms with E-state index < -0.39 is 5.91 Å². The van der Waals surface area contributed by atoms with Crippen LogP contribution in [0.25, 0.3) is 15.9 Å². The zero-order chi connectivity index (χ0) is 23.3. The summed E-state index contributed by atoms with van der Waals surface area (Å²) in [5.41, 5.74) is 1.81. The summed E-state index contributed by atoms with van der Waals surface area (Å²) in [6.07, 6.45) is 3.82. The Morgan fingerprint density at radius 2 is 1.82 bits per heavy atom. The number of fused-ring (bicyclic) bond motifs is 2. The van der Waals surface area contributed by atoms with Crippen molar-refractivity contribution in [3.05, 3.63) is 73.0 Å². The minimum absolute atomic E-state index is 0.0768. The van der Waals surface area contributed by atoms with Crippen molar-refractivity contribution in [3.8, 4) is 5.69 Å². The van der Waals surface area contributed by atoms with E-state index in [0.717, 1.165) is 31.5 Å². The maximum absolute atomic E-state index is 13.3. The summed E-state index contributed by atoms with van der Waals surface area (Å²) in [4.78, 5) is 45.3. The van der Waals surface area contributed by atoms with Crippen LogP contribution in [0.5, 0.6) is 0 Å². The Balaban J connectivity index is 1.56. The molecule has 0 saturated carbocycles. The van der Waals surface area contributed by atoms with Crippen molar-refractivity contribution in [1.82, 2.24) is 18.9 Å². The summed E-state index contributed by atoms with van der Waals surface area (Å²) in [5.74, 6) is 0.393. The fourth-order valence-corrected chi connectivity index (χ4v) is 5.59. The molecule has 1 N–H and O–H groups in total. The lowest BCUT2D eigenvalue weighted by Gasteiger charge is -2.08. The van der Waals surface area contributed by atoms with Gasteiger partial charge in [0.1, 0.15) is 16.3 Å². The lowest BCUT2D eigenvalue weighted by atomic mass is 10.2. The van der Waals surface area contributed by atoms with Gasteiger partial charge in [0.15, 0.2) is 0 Å². The summed E-state index contributed by atoms with van der Waals surface area (Å²) in [6, 6.07) is 9.27. The van der Waals surface area contributed by atoms with E-state index in [1.54, 1.807) is 30.1 Å². The van der Waals surface area contributed by atoms with E-state index in [-0.39, 0.29) is 16.8 Å². The molecule has 1 aliphatic heterocycles. The molecule has 0 atom stereocenters. The van der Waals surface area contributed by atoms with Crippen LogP contribution in [0.3, 0.4) is 0 Å². The molecule has 4 heterocycles. The molecule has 0 saturated heterocycles. The molecule has 0 unspecified atom stereocenters. The number of nitrogens with one attached hydrogen (secondary N) is 1. The van der Waals surface area contributed by atoms with E-state index >= 15 is 0 Å². The van der Waals surface area contributed by atoms with Gasteiger partial charge in [-0.05, 0) is 44.4 Å². The highest BCUT2D eigenvalue weighted by Gasteiger charge is 2.24. The molecule has 33 heavy (non-hydrogen) atoms. The summed E-state index contributed by atoms with van der Waals surface area (Å²) in [7, 11) is 1.78. The number of aryl methyl sites for hydroxylation is 2. The minimum atomic E-state index is -0.402. The number of nitrogens with zero attached hydrogens (tertiary/aromatic N) is 4. The quantitative estimate of drug-likeness (QED) is 0.503. The van der Waals surface area contributed by atoms with Crippen molar-refractivity contribution in [3.63, 3.8) is 0 Å². The van der Waals surface area contributed by atoms with Crippen molar-refractivity contribution in [2.24, 2.45) is 7.05 Å². The molecule has 4 aromatic rings. The number of para-hydroxylation sites is 1. The molecule has 9 heteroatoms. The van der Waals surface area contributed by atoms with Crippen LogP contribution in [-0.2, 0) is 20.0 Å². The number of amides is 1. The van der Waals surface area contributed by atoms with Crippen LogP contribution in [0.4, 0.5) is 5.69 Å². The van der Waals surface area contributed by atoms with E-state index in [9.17, 15) is 14.4 Å². The first kappa shape index (κ1) is 21.4. The third-order valence-electron chi connectivity index (χ3n) is 6.41. The topological polar surface area (TPSA) is 90.9 Å². The molecule has 0 radical (unpaired) electrons. The van der Waals surface area contributed by atoms with Crippen LogP contribution >= 0.6 is 11.3 Å². The number of benzene rings is 1. The van der Waals surface area contributed by atoms with Gasteiger partial charge in [-0.15, -0.1) is 11.3 Å². The van der Waals surface area contributed by atoms with Gasteiger partial charge in [-0.1, -0.05) is 24.6 Å². The third-order valence-corrected chi connectivity index (χ3v) is 7.59. The molecule has 0 aliphatic carbocycles. The van der Waals surface area contributed by atoms with Gasteiger partial charge in [-0.25, -0.2) is 9.67 Å². The van der Waals surface area contributed by atoms with Gasteiger partial charge in [-0.3, -0.25) is 23.6 Å². The zero-order valence-electron chi connectivity index (χ0n) is 18.8. The molecular formula is C24H25N5O3S. The monoisotopic (exact) mass is 463 g/mol. The van der Waals surface area contributed by atoms with Crippen molar-refractivity contribution >= 4 is 33.1 Å². The molecule has 0 fully saturated rings. The summed E-state index contributed by atoms with van der Waals surface area (Å²) in [6.45, 7) is 4.23. The fourth-order valence-electron chi connectivity index (χ4n) is 4.51. The summed E-state index contributed by atoms with van der Waals surface area (Å²) >= 11 is 1.21. The first-order chi connectivity index (χ1) is 15.9. The average molecular weight is 464 g/mol. The number of aromatic nitrogens is 4. The van der Waals surface area contributed by atoms with Crippen molar-refractivity contribution in [2.45, 2.75) is 46.1 Å². The van der Waals surface area contributed by atoms with Gasteiger partial charge >= 0.3 is 0 Å². The maximum atomic E-state index is 13.3. The Morgan fingerprint density at radius 3 is 2.58 bits per heavy atom. The van der Waals surface area contributed by atoms with Crippen LogP contribution < -0.4 is 16.4 Å². The van der Waals surface area contributed by atoms with Gasteiger partial charge in [-0.2, -0.15) is 0 Å². The highest BCUT2D eigenvalue weighted by atomic mass is 32.1. The third kappa shape index (κ3) is 3.43. The number of rotatable bonds is 3. The number of carbonyl (C=O) groups is 1. The Bertz CT molecular complexity index is 1510. The molecule has 8 nitrogen and oxygen atoms in total. The molecule has 3 aromatic heterocycles. The van der Waals surface area contributed by atoms with Gasteiger partial charge in [0.05, 0.1) is 21.6 Å². The first-order valence-electron chi connectivity index (χ1n) is 11.1. The maximum Gasteiger partial charge on any atom is 0.295 e. The summed E-state index contributed by atoms with van der Waals surface area (Å²) in [5, 5.41) is 3.31. The minimum Gasteiger partial charge on any atom is -0.315 e. The van der Waals surface area contributed by atoms with Gasteiger partial charge in [0, 0.05) is 20.0 Å². The molecular weight excluding hydrogens is 438 g/mol. The van der Waals surface area contributed by atoms with Crippen LogP contribution in [0.15, 0.2) is 39.9 Å². The Kier molecular flexibility index (Phi) is 5.28. The highest BCUT2D eigenvalue weighted by molar-refractivity contribution is 7.20. The largest absolute Gasteiger partial charge is 0.315 e. The SMILES string of the molecule is Cc1c(C(=O)Nc2c(C)n(C)n(-c3ccccc3)c2=O)sc2nc3n(c(=O)c12)CCCCC3. The standard InChI is InChI=1S/C24H25N5O3S/c1-14-18-22(25-17-12-8-5-9-13-28(17)23(18)31)33-20(14)21(30)26-19-15(2)27(3)29(24(19)32)16-10-6-4-7-11-16/h4,6-7,10-11H,5,8-9,12-13H2,1-3H3,(H,26,30). The average Bonchev–Trinajstić information content (AvgIpc) is 3.10. The Labute approximate surface area is 194 Å². The fraction of sp³-hybridized carbons (Fsp3) is 0.333. The highest BCUT2D eigenvalue weighted by Crippen LogP contribution is 2.29. The molecule has 1 aliphatic rings. The van der Waals surface area contributed by atoms with Crippen LogP contribution in [0.1, 0.15) is 46.0 Å². The van der Waals surface area contributed by atoms with E-state index in [0.29, 0.717) is 38.6 Å². The molecule has 5 rings (SSSR count). The molecule has 0 bridgehead atoms. The van der Waals surface area contributed by atoms with E-state index in [2.05, 4.69) is 5.32 Å². The van der Waals surface area contributed by atoms with Gasteiger partial charge < -0.3 is 5.32 Å². The van der Waals surface area contributed by atoms with Crippen LogP contribution in [-0.4, -0.2) is 24.8 Å². The van der Waals surface area contributed by atoms with E-state index in [1.165, 1.54) is 16.0 Å². The number of thiophene rings is 1. The number of anilines is 1. The first-order valence-corrected chi connectivity index (χ1v) is 11.9. The smallest absolute Gasteiger partial charge is 0.295 e. The lowest BCUT2D eigenvalue weighted by Crippen LogP contribution is -2.24. The normalized spacial score (nSPS) is 13.7. The van der Waals surface area contributed by atoms with Crippen LogP contribution in [0, 0.1) is 13.8 Å². The summed E-state index contributed by atoms with van der Waals surface area (Å²) < 4.78 is 5.00. The van der Waals surface area contributed by atoms with Crippen LogP contribution in [0.2, 0.25) is 0 Å². The molecule has 1 amide bonds. The van der Waals surface area contributed by atoms with Crippen molar-refractivity contribution in [1.29, 1.82) is 0 Å². The van der Waals surface area contributed by atoms with E-state index in [4.69, 9.17) is 4.98 Å². The number of carbonyl (C=O) groups excluding carboxylic acids is 1.